The second kappa shape index (κ2) is 6.57. The van der Waals surface area contributed by atoms with Crippen molar-refractivity contribution >= 4 is 17.5 Å². The smallest absolute Gasteiger partial charge is 0.241 e. The molecule has 0 saturated carbocycles. The first kappa shape index (κ1) is 15.3. The van der Waals surface area contributed by atoms with Gasteiger partial charge in [0.2, 0.25) is 5.91 Å². The lowest BCUT2D eigenvalue weighted by molar-refractivity contribution is -0.130. The molecule has 5 heteroatoms. The van der Waals surface area contributed by atoms with Crippen LogP contribution in [0.3, 0.4) is 0 Å². The molecule has 1 aromatic carbocycles. The van der Waals surface area contributed by atoms with E-state index in [9.17, 15) is 4.79 Å². The summed E-state index contributed by atoms with van der Waals surface area (Å²) in [5.41, 5.74) is 1.08. The average Bonchev–Trinajstić information content (AvgIpc) is 2.73. The number of hydrogen-bond donors (Lipinski definition) is 1. The summed E-state index contributed by atoms with van der Waals surface area (Å²) in [4.78, 5) is 16.4. The number of benzene rings is 1. The van der Waals surface area contributed by atoms with Crippen LogP contribution in [-0.4, -0.2) is 48.4 Å². The molecule has 0 spiro atoms. The van der Waals surface area contributed by atoms with Gasteiger partial charge in [-0.1, -0.05) is 30.7 Å². The number of nitrogens with zero attached hydrogens (tertiary/aromatic N) is 2. The van der Waals surface area contributed by atoms with E-state index in [1.807, 2.05) is 36.1 Å². The first-order valence-electron chi connectivity index (χ1n) is 7.03. The molecule has 2 unspecified atom stereocenters. The van der Waals surface area contributed by atoms with Crippen LogP contribution in [-0.2, 0) is 4.79 Å². The van der Waals surface area contributed by atoms with Crippen LogP contribution >= 0.6 is 11.6 Å². The predicted molar refractivity (Wildman–Crippen MR) is 81.7 cm³/mol. The van der Waals surface area contributed by atoms with Gasteiger partial charge in [0.25, 0.3) is 0 Å². The quantitative estimate of drug-likeness (QED) is 0.904. The fourth-order valence-electron chi connectivity index (χ4n) is 2.37. The van der Waals surface area contributed by atoms with Crippen molar-refractivity contribution in [1.29, 1.82) is 0 Å². The van der Waals surface area contributed by atoms with E-state index in [0.717, 1.165) is 25.2 Å². The summed E-state index contributed by atoms with van der Waals surface area (Å²) >= 11 is 5.93. The highest BCUT2D eigenvalue weighted by Gasteiger charge is 2.36. The molecule has 1 fully saturated rings. The lowest BCUT2D eigenvalue weighted by Gasteiger charge is -2.26. The maximum Gasteiger partial charge on any atom is 0.241 e. The lowest BCUT2D eigenvalue weighted by atomic mass is 10.1. The Bertz CT molecular complexity index is 463. The van der Waals surface area contributed by atoms with Crippen molar-refractivity contribution in [2.75, 3.05) is 26.7 Å². The second-order valence-electron chi connectivity index (χ2n) is 5.27. The molecule has 0 aliphatic carbocycles. The van der Waals surface area contributed by atoms with Crippen LogP contribution in [0.15, 0.2) is 24.3 Å². The van der Waals surface area contributed by atoms with Gasteiger partial charge in [0.05, 0.1) is 6.04 Å². The predicted octanol–water partition coefficient (Wildman–Crippen LogP) is 2.11. The van der Waals surface area contributed by atoms with E-state index in [1.165, 1.54) is 0 Å². The summed E-state index contributed by atoms with van der Waals surface area (Å²) in [7, 11) is 2.06. The third kappa shape index (κ3) is 3.32. The average molecular weight is 296 g/mol. The number of carbonyl (C=O) groups is 1. The monoisotopic (exact) mass is 295 g/mol. The van der Waals surface area contributed by atoms with Gasteiger partial charge in [0.15, 0.2) is 0 Å². The number of rotatable bonds is 5. The maximum absolute atomic E-state index is 12.3. The normalized spacial score (nSPS) is 22.9. The van der Waals surface area contributed by atoms with Gasteiger partial charge < -0.3 is 9.80 Å². The van der Waals surface area contributed by atoms with E-state index in [1.54, 1.807) is 0 Å². The summed E-state index contributed by atoms with van der Waals surface area (Å²) in [6, 6.07) is 7.54. The standard InChI is InChI=1S/C15H22ClN3O/c1-4-18(3)9-10-19-14(17-11(2)15(19)20)12-5-7-13(16)8-6-12/h5-8,11,14,17H,4,9-10H2,1-3H3. The van der Waals surface area contributed by atoms with Gasteiger partial charge in [-0.3, -0.25) is 10.1 Å². The molecule has 2 rings (SSSR count). The van der Waals surface area contributed by atoms with Crippen LogP contribution in [0.4, 0.5) is 0 Å². The van der Waals surface area contributed by atoms with Gasteiger partial charge in [-0.15, -0.1) is 0 Å². The third-order valence-electron chi connectivity index (χ3n) is 3.82. The molecule has 0 bridgehead atoms. The van der Waals surface area contributed by atoms with Gasteiger partial charge in [0.1, 0.15) is 6.17 Å². The summed E-state index contributed by atoms with van der Waals surface area (Å²) in [5, 5.41) is 4.06. The Labute approximate surface area is 125 Å². The van der Waals surface area contributed by atoms with Crippen LogP contribution in [0.2, 0.25) is 5.02 Å². The first-order valence-corrected chi connectivity index (χ1v) is 7.41. The van der Waals surface area contributed by atoms with Gasteiger partial charge in [-0.2, -0.15) is 0 Å². The van der Waals surface area contributed by atoms with Crippen molar-refractivity contribution in [3.05, 3.63) is 34.9 Å². The number of likely N-dealkylation sites (N-methyl/N-ethyl adjacent to an activating group) is 1. The minimum absolute atomic E-state index is 0.0555. The fraction of sp³-hybridized carbons (Fsp3) is 0.533. The number of carbonyl (C=O) groups excluding carboxylic acids is 1. The third-order valence-corrected chi connectivity index (χ3v) is 4.07. The van der Waals surface area contributed by atoms with Gasteiger partial charge in [-0.25, -0.2) is 0 Å². The Morgan fingerprint density at radius 1 is 1.35 bits per heavy atom. The number of halogens is 1. The molecule has 1 aliphatic heterocycles. The van der Waals surface area contributed by atoms with E-state index in [0.29, 0.717) is 5.02 Å². The van der Waals surface area contributed by atoms with E-state index in [4.69, 9.17) is 11.6 Å². The molecule has 110 valence electrons. The lowest BCUT2D eigenvalue weighted by Crippen LogP contribution is -2.37. The zero-order valence-electron chi connectivity index (χ0n) is 12.3. The number of hydrogen-bond acceptors (Lipinski definition) is 3. The molecule has 1 heterocycles. The largest absolute Gasteiger partial charge is 0.320 e. The summed E-state index contributed by atoms with van der Waals surface area (Å²) in [6.07, 6.45) is -0.0555. The minimum atomic E-state index is -0.136. The Kier molecular flexibility index (Phi) is 5.02. The van der Waals surface area contributed by atoms with Gasteiger partial charge in [0, 0.05) is 18.1 Å². The fourth-order valence-corrected chi connectivity index (χ4v) is 2.50. The highest BCUT2D eigenvalue weighted by molar-refractivity contribution is 6.30. The van der Waals surface area contributed by atoms with Crippen LogP contribution in [0.25, 0.3) is 0 Å². The van der Waals surface area contributed by atoms with Crippen molar-refractivity contribution in [3.63, 3.8) is 0 Å². The van der Waals surface area contributed by atoms with Gasteiger partial charge >= 0.3 is 0 Å². The highest BCUT2D eigenvalue weighted by Crippen LogP contribution is 2.26. The van der Waals surface area contributed by atoms with E-state index >= 15 is 0 Å². The summed E-state index contributed by atoms with van der Waals surface area (Å²) in [6.45, 7) is 6.61. The Hall–Kier alpha value is -1.10. The zero-order valence-corrected chi connectivity index (χ0v) is 13.0. The Morgan fingerprint density at radius 2 is 2.00 bits per heavy atom. The Balaban J connectivity index is 2.13. The molecular weight excluding hydrogens is 274 g/mol. The molecule has 1 aromatic rings. The SMILES string of the molecule is CCN(C)CCN1C(=O)C(C)NC1c1ccc(Cl)cc1. The van der Waals surface area contributed by atoms with E-state index in [-0.39, 0.29) is 18.1 Å². The molecule has 4 nitrogen and oxygen atoms in total. The topological polar surface area (TPSA) is 35.6 Å². The molecule has 1 N–H and O–H groups in total. The maximum atomic E-state index is 12.3. The first-order chi connectivity index (χ1) is 9.52. The van der Waals surface area contributed by atoms with Crippen molar-refractivity contribution < 1.29 is 4.79 Å². The molecule has 2 atom stereocenters. The number of nitrogens with one attached hydrogen (secondary N) is 1. The molecule has 1 aliphatic rings. The van der Waals surface area contributed by atoms with Crippen LogP contribution in [0, 0.1) is 0 Å². The van der Waals surface area contributed by atoms with Crippen LogP contribution < -0.4 is 5.32 Å². The van der Waals surface area contributed by atoms with E-state index < -0.39 is 0 Å². The molecule has 1 amide bonds. The minimum Gasteiger partial charge on any atom is -0.320 e. The summed E-state index contributed by atoms with van der Waals surface area (Å²) in [5.74, 6) is 0.162. The second-order valence-corrected chi connectivity index (χ2v) is 5.71. The molecule has 0 radical (unpaired) electrons. The van der Waals surface area contributed by atoms with Crippen LogP contribution in [0.5, 0.6) is 0 Å². The van der Waals surface area contributed by atoms with Gasteiger partial charge in [-0.05, 0) is 38.2 Å². The highest BCUT2D eigenvalue weighted by atomic mass is 35.5. The zero-order chi connectivity index (χ0) is 14.7. The van der Waals surface area contributed by atoms with E-state index in [2.05, 4.69) is 24.2 Å². The van der Waals surface area contributed by atoms with Crippen molar-refractivity contribution in [1.82, 2.24) is 15.1 Å². The van der Waals surface area contributed by atoms with Crippen molar-refractivity contribution in [2.24, 2.45) is 0 Å². The van der Waals surface area contributed by atoms with Crippen LogP contribution in [0.1, 0.15) is 25.6 Å². The molecule has 20 heavy (non-hydrogen) atoms. The van der Waals surface area contributed by atoms with Crippen molar-refractivity contribution in [3.8, 4) is 0 Å². The Morgan fingerprint density at radius 3 is 2.60 bits per heavy atom. The summed E-state index contributed by atoms with van der Waals surface area (Å²) < 4.78 is 0. The van der Waals surface area contributed by atoms with Crippen molar-refractivity contribution in [2.45, 2.75) is 26.1 Å². The molecule has 1 saturated heterocycles. The molecular formula is C15H22ClN3O. The molecule has 0 aromatic heterocycles. The number of amides is 1.